The third-order valence-electron chi connectivity index (χ3n) is 7.79. The molecule has 2 amide bonds. The summed E-state index contributed by atoms with van der Waals surface area (Å²) in [6, 6.07) is 10.9. The Kier molecular flexibility index (Phi) is 8.36. The minimum atomic E-state index is -0.0800. The van der Waals surface area contributed by atoms with Crippen molar-refractivity contribution in [3.8, 4) is 0 Å². The highest BCUT2D eigenvalue weighted by molar-refractivity contribution is 7.10. The number of amides is 2. The van der Waals surface area contributed by atoms with Gasteiger partial charge in [0.2, 0.25) is 11.8 Å². The molecule has 1 atom stereocenters. The first-order chi connectivity index (χ1) is 16.8. The highest BCUT2D eigenvalue weighted by Crippen LogP contribution is 2.38. The number of carbonyl (C=O) groups is 2. The molecule has 1 aromatic carbocycles. The maximum absolute atomic E-state index is 13.7. The zero-order valence-electron chi connectivity index (χ0n) is 22.0. The zero-order chi connectivity index (χ0) is 25.0. The standard InChI is InChI=1S/C30H42N2O2S/c1-5-18-31(27(33)15-10-22-8-6-7-9-22)21-28(34)32-19-16-26-25(17-20-35-26)29(32)23-11-13-24(14-12-23)30(2,3)4/h11-14,17,20,22,29H,5-10,15-16,18-19,21H2,1-4H3. The van der Waals surface area contributed by atoms with Crippen LogP contribution in [0.2, 0.25) is 0 Å². The zero-order valence-corrected chi connectivity index (χ0v) is 22.8. The smallest absolute Gasteiger partial charge is 0.242 e. The number of carbonyl (C=O) groups excluding carboxylic acids is 2. The molecule has 1 aliphatic carbocycles. The lowest BCUT2D eigenvalue weighted by atomic mass is 9.85. The van der Waals surface area contributed by atoms with Crippen molar-refractivity contribution in [3.05, 3.63) is 57.3 Å². The Morgan fingerprint density at radius 1 is 1.09 bits per heavy atom. The van der Waals surface area contributed by atoms with Crippen LogP contribution in [0.1, 0.15) is 100 Å². The molecule has 2 heterocycles. The molecule has 1 unspecified atom stereocenters. The number of nitrogens with zero attached hydrogens (tertiary/aromatic N) is 2. The minimum absolute atomic E-state index is 0.0643. The average molecular weight is 495 g/mol. The maximum Gasteiger partial charge on any atom is 0.242 e. The Hall–Kier alpha value is -2.14. The van der Waals surface area contributed by atoms with Crippen LogP contribution in [0.3, 0.4) is 0 Å². The van der Waals surface area contributed by atoms with Crippen molar-refractivity contribution >= 4 is 23.2 Å². The van der Waals surface area contributed by atoms with Crippen LogP contribution in [0.25, 0.3) is 0 Å². The SMILES string of the molecule is CCCN(CC(=O)N1CCc2sccc2C1c1ccc(C(C)(C)C)cc1)C(=O)CCC1CCCC1. The van der Waals surface area contributed by atoms with Gasteiger partial charge >= 0.3 is 0 Å². The molecule has 35 heavy (non-hydrogen) atoms. The van der Waals surface area contributed by atoms with E-state index in [1.807, 2.05) is 9.80 Å². The summed E-state index contributed by atoms with van der Waals surface area (Å²) >= 11 is 1.79. The Labute approximate surface area is 215 Å². The Morgan fingerprint density at radius 3 is 2.46 bits per heavy atom. The highest BCUT2D eigenvalue weighted by Gasteiger charge is 2.34. The first-order valence-electron chi connectivity index (χ1n) is 13.5. The number of benzene rings is 1. The summed E-state index contributed by atoms with van der Waals surface area (Å²) in [7, 11) is 0. The Balaban J connectivity index is 1.51. The normalized spacial score (nSPS) is 18.5. The fraction of sp³-hybridized carbons (Fsp3) is 0.600. The molecular weight excluding hydrogens is 452 g/mol. The van der Waals surface area contributed by atoms with Crippen LogP contribution in [0.15, 0.2) is 35.7 Å². The van der Waals surface area contributed by atoms with Crippen molar-refractivity contribution in [1.82, 2.24) is 9.80 Å². The topological polar surface area (TPSA) is 40.6 Å². The first-order valence-corrected chi connectivity index (χ1v) is 14.4. The van der Waals surface area contributed by atoms with Gasteiger partial charge in [-0.05, 0) is 58.7 Å². The van der Waals surface area contributed by atoms with Crippen LogP contribution in [-0.2, 0) is 21.4 Å². The van der Waals surface area contributed by atoms with E-state index >= 15 is 0 Å². The molecule has 1 aromatic heterocycles. The second-order valence-corrected chi connectivity index (χ2v) is 12.4. The summed E-state index contributed by atoms with van der Waals surface area (Å²) in [4.78, 5) is 32.0. The molecule has 0 N–H and O–H groups in total. The second-order valence-electron chi connectivity index (χ2n) is 11.4. The fourth-order valence-electron chi connectivity index (χ4n) is 5.71. The van der Waals surface area contributed by atoms with Gasteiger partial charge in [0, 0.05) is 24.4 Å². The van der Waals surface area contributed by atoms with Crippen molar-refractivity contribution in [1.29, 1.82) is 0 Å². The quantitative estimate of drug-likeness (QED) is 0.408. The van der Waals surface area contributed by atoms with Crippen molar-refractivity contribution in [2.75, 3.05) is 19.6 Å². The Morgan fingerprint density at radius 2 is 1.80 bits per heavy atom. The fourth-order valence-corrected chi connectivity index (χ4v) is 6.61. The number of hydrogen-bond acceptors (Lipinski definition) is 3. The van der Waals surface area contributed by atoms with Gasteiger partial charge < -0.3 is 9.80 Å². The molecule has 2 aromatic rings. The summed E-state index contributed by atoms with van der Waals surface area (Å²) in [6.07, 6.45) is 8.41. The minimum Gasteiger partial charge on any atom is -0.333 e. The number of hydrogen-bond donors (Lipinski definition) is 0. The van der Waals surface area contributed by atoms with E-state index in [0.29, 0.717) is 25.4 Å². The summed E-state index contributed by atoms with van der Waals surface area (Å²) in [5.74, 6) is 0.901. The van der Waals surface area contributed by atoms with Crippen LogP contribution in [0.5, 0.6) is 0 Å². The maximum atomic E-state index is 13.7. The van der Waals surface area contributed by atoms with Crippen LogP contribution in [-0.4, -0.2) is 41.2 Å². The summed E-state index contributed by atoms with van der Waals surface area (Å²) in [5, 5.41) is 2.14. The molecule has 5 heteroatoms. The van der Waals surface area contributed by atoms with Gasteiger partial charge in [-0.3, -0.25) is 9.59 Å². The van der Waals surface area contributed by atoms with Gasteiger partial charge in [0.1, 0.15) is 0 Å². The first kappa shape index (κ1) is 25.9. The van der Waals surface area contributed by atoms with E-state index < -0.39 is 0 Å². The molecule has 0 bridgehead atoms. The van der Waals surface area contributed by atoms with Gasteiger partial charge in [0.25, 0.3) is 0 Å². The average Bonchev–Trinajstić information content (AvgIpc) is 3.53. The highest BCUT2D eigenvalue weighted by atomic mass is 32.1. The van der Waals surface area contributed by atoms with Crippen molar-refractivity contribution in [2.24, 2.45) is 5.92 Å². The molecular formula is C30H42N2O2S. The van der Waals surface area contributed by atoms with E-state index in [2.05, 4.69) is 63.4 Å². The molecule has 0 saturated heterocycles. The molecule has 1 fully saturated rings. The van der Waals surface area contributed by atoms with Gasteiger partial charge in [-0.15, -0.1) is 11.3 Å². The second kappa shape index (κ2) is 11.3. The van der Waals surface area contributed by atoms with Crippen molar-refractivity contribution < 1.29 is 9.59 Å². The number of fused-ring (bicyclic) bond motifs is 1. The predicted molar refractivity (Wildman–Crippen MR) is 145 cm³/mol. The molecule has 2 aliphatic rings. The lowest BCUT2D eigenvalue weighted by Gasteiger charge is -2.38. The molecule has 0 spiro atoms. The van der Waals surface area contributed by atoms with Gasteiger partial charge in [-0.1, -0.05) is 77.6 Å². The molecule has 190 valence electrons. The van der Waals surface area contributed by atoms with Crippen LogP contribution < -0.4 is 0 Å². The molecule has 0 radical (unpaired) electrons. The summed E-state index contributed by atoms with van der Waals surface area (Å²) < 4.78 is 0. The van der Waals surface area contributed by atoms with Gasteiger partial charge in [-0.25, -0.2) is 0 Å². The predicted octanol–water partition coefficient (Wildman–Crippen LogP) is 6.73. The van der Waals surface area contributed by atoms with E-state index in [4.69, 9.17) is 0 Å². The van der Waals surface area contributed by atoms with E-state index in [9.17, 15) is 9.59 Å². The number of rotatable bonds is 8. The van der Waals surface area contributed by atoms with E-state index in [0.717, 1.165) is 24.8 Å². The van der Waals surface area contributed by atoms with Crippen molar-refractivity contribution in [3.63, 3.8) is 0 Å². The molecule has 1 aliphatic heterocycles. The van der Waals surface area contributed by atoms with Crippen LogP contribution in [0.4, 0.5) is 0 Å². The van der Waals surface area contributed by atoms with Gasteiger partial charge in [0.05, 0.1) is 12.6 Å². The third kappa shape index (κ3) is 6.17. The number of thiophene rings is 1. The molecule has 4 nitrogen and oxygen atoms in total. The van der Waals surface area contributed by atoms with E-state index in [-0.39, 0.29) is 29.8 Å². The third-order valence-corrected chi connectivity index (χ3v) is 8.79. The monoisotopic (exact) mass is 494 g/mol. The summed E-state index contributed by atoms with van der Waals surface area (Å²) in [5.41, 5.74) is 3.78. The van der Waals surface area contributed by atoms with Crippen LogP contribution >= 0.6 is 11.3 Å². The van der Waals surface area contributed by atoms with E-state index in [1.165, 1.54) is 41.7 Å². The lowest BCUT2D eigenvalue weighted by molar-refractivity contribution is -0.142. The molecule has 1 saturated carbocycles. The largest absolute Gasteiger partial charge is 0.333 e. The lowest BCUT2D eigenvalue weighted by Crippen LogP contribution is -2.47. The van der Waals surface area contributed by atoms with Crippen molar-refractivity contribution in [2.45, 2.75) is 90.5 Å². The van der Waals surface area contributed by atoms with Crippen LogP contribution in [0, 0.1) is 5.92 Å². The summed E-state index contributed by atoms with van der Waals surface area (Å²) in [6.45, 7) is 10.3. The van der Waals surface area contributed by atoms with Gasteiger partial charge in [-0.2, -0.15) is 0 Å². The Bertz CT molecular complexity index is 998. The van der Waals surface area contributed by atoms with E-state index in [1.54, 1.807) is 11.3 Å². The van der Waals surface area contributed by atoms with Gasteiger partial charge in [0.15, 0.2) is 0 Å². The molecule has 4 rings (SSSR count).